The van der Waals surface area contributed by atoms with Gasteiger partial charge in [-0.2, -0.15) is 0 Å². The molecule has 27 heavy (non-hydrogen) atoms. The number of carbonyl (C=O) groups excluding carboxylic acids is 2. The van der Waals surface area contributed by atoms with E-state index in [-0.39, 0.29) is 35.9 Å². The summed E-state index contributed by atoms with van der Waals surface area (Å²) in [4.78, 5) is 26.5. The number of hydrogen-bond donors (Lipinski definition) is 1. The summed E-state index contributed by atoms with van der Waals surface area (Å²) < 4.78 is 19.0. The van der Waals surface area contributed by atoms with Gasteiger partial charge in [0.25, 0.3) is 0 Å². The van der Waals surface area contributed by atoms with Gasteiger partial charge in [0, 0.05) is 18.7 Å². The monoisotopic (exact) mass is 390 g/mol. The van der Waals surface area contributed by atoms with Crippen LogP contribution in [0.1, 0.15) is 20.3 Å². The normalized spacial score (nSPS) is 16.7. The average molecular weight is 391 g/mol. The summed E-state index contributed by atoms with van der Waals surface area (Å²) in [6.45, 7) is 4.01. The number of benzene rings is 2. The second kappa shape index (κ2) is 7.96. The number of amides is 2. The summed E-state index contributed by atoms with van der Waals surface area (Å²) in [7, 11) is 0. The van der Waals surface area contributed by atoms with Gasteiger partial charge in [0.2, 0.25) is 11.8 Å². The molecule has 3 rings (SSSR count). The molecule has 142 valence electrons. The molecular formula is C20H20ClFN2O3. The van der Waals surface area contributed by atoms with E-state index in [4.69, 9.17) is 16.3 Å². The molecule has 2 amide bonds. The summed E-state index contributed by atoms with van der Waals surface area (Å²) in [5.74, 6) is -0.965. The Hall–Kier alpha value is -2.60. The molecule has 1 aliphatic rings. The minimum absolute atomic E-state index is 0.0326. The number of ether oxygens (including phenoxy) is 1. The molecule has 2 aromatic carbocycles. The predicted molar refractivity (Wildman–Crippen MR) is 103 cm³/mol. The third-order valence-corrected chi connectivity index (χ3v) is 4.51. The smallest absolute Gasteiger partial charge is 0.229 e. The van der Waals surface area contributed by atoms with E-state index in [1.54, 1.807) is 18.2 Å². The topological polar surface area (TPSA) is 58.6 Å². The Kier molecular flexibility index (Phi) is 5.65. The maximum Gasteiger partial charge on any atom is 0.229 e. The molecule has 0 radical (unpaired) electrons. The lowest BCUT2D eigenvalue weighted by atomic mass is 10.1. The molecule has 1 N–H and O–H groups in total. The summed E-state index contributed by atoms with van der Waals surface area (Å²) in [5, 5.41) is 2.78. The Bertz CT molecular complexity index is 872. The first-order chi connectivity index (χ1) is 12.8. The first kappa shape index (κ1) is 19.2. The second-order valence-electron chi connectivity index (χ2n) is 6.66. The van der Waals surface area contributed by atoms with Gasteiger partial charge in [-0.3, -0.25) is 9.59 Å². The van der Waals surface area contributed by atoms with Crippen LogP contribution in [0.3, 0.4) is 0 Å². The lowest BCUT2D eigenvalue weighted by Crippen LogP contribution is -2.28. The summed E-state index contributed by atoms with van der Waals surface area (Å²) in [6.07, 6.45) is 0.0448. The van der Waals surface area contributed by atoms with Gasteiger partial charge in [0.15, 0.2) is 0 Å². The van der Waals surface area contributed by atoms with Gasteiger partial charge in [-0.25, -0.2) is 4.39 Å². The summed E-state index contributed by atoms with van der Waals surface area (Å²) in [6, 6.07) is 11.2. The van der Waals surface area contributed by atoms with Crippen LogP contribution in [0.25, 0.3) is 0 Å². The highest BCUT2D eigenvalue weighted by atomic mass is 35.5. The maximum atomic E-state index is 13.3. The van der Waals surface area contributed by atoms with Crippen LogP contribution >= 0.6 is 11.6 Å². The Labute approximate surface area is 162 Å². The zero-order chi connectivity index (χ0) is 19.6. The van der Waals surface area contributed by atoms with Gasteiger partial charge in [0.1, 0.15) is 11.6 Å². The molecular weight excluding hydrogens is 371 g/mol. The number of halogens is 2. The minimum Gasteiger partial charge on any atom is -0.489 e. The average Bonchev–Trinajstić information content (AvgIpc) is 3.00. The fourth-order valence-electron chi connectivity index (χ4n) is 2.95. The number of nitrogens with one attached hydrogen (secondary N) is 1. The fourth-order valence-corrected chi connectivity index (χ4v) is 3.12. The zero-order valence-corrected chi connectivity index (χ0v) is 15.8. The molecule has 1 saturated heterocycles. The van der Waals surface area contributed by atoms with Gasteiger partial charge in [-0.15, -0.1) is 0 Å². The lowest BCUT2D eigenvalue weighted by Gasteiger charge is -2.18. The van der Waals surface area contributed by atoms with E-state index < -0.39 is 11.7 Å². The highest BCUT2D eigenvalue weighted by molar-refractivity contribution is 6.31. The molecule has 1 unspecified atom stereocenters. The van der Waals surface area contributed by atoms with E-state index in [1.165, 1.54) is 23.1 Å². The molecule has 0 saturated carbocycles. The number of para-hydroxylation sites is 2. The SMILES string of the molecule is CC(C)Oc1ccccc1NC(=O)C1CC(=O)N(c2ccc(F)c(Cl)c2)C1. The second-order valence-corrected chi connectivity index (χ2v) is 7.06. The summed E-state index contributed by atoms with van der Waals surface area (Å²) >= 11 is 5.80. The van der Waals surface area contributed by atoms with Crippen molar-refractivity contribution in [2.45, 2.75) is 26.4 Å². The number of hydrogen-bond acceptors (Lipinski definition) is 3. The van der Waals surface area contributed by atoms with Gasteiger partial charge >= 0.3 is 0 Å². The number of carbonyl (C=O) groups is 2. The molecule has 1 atom stereocenters. The quantitative estimate of drug-likeness (QED) is 0.829. The minimum atomic E-state index is -0.553. The molecule has 7 heteroatoms. The van der Waals surface area contributed by atoms with Crippen molar-refractivity contribution in [3.05, 3.63) is 53.3 Å². The van der Waals surface area contributed by atoms with Crippen molar-refractivity contribution >= 4 is 34.8 Å². The standard InChI is InChI=1S/C20H20ClFN2O3/c1-12(2)27-18-6-4-3-5-17(18)23-20(26)13-9-19(25)24(11-13)14-7-8-16(22)15(21)10-14/h3-8,10,12-13H,9,11H2,1-2H3,(H,23,26). The van der Waals surface area contributed by atoms with Crippen LogP contribution in [0.5, 0.6) is 5.75 Å². The number of nitrogens with zero attached hydrogens (tertiary/aromatic N) is 1. The molecule has 1 fully saturated rings. The molecule has 0 bridgehead atoms. The van der Waals surface area contributed by atoms with E-state index in [1.807, 2.05) is 19.9 Å². The van der Waals surface area contributed by atoms with Crippen molar-refractivity contribution in [3.63, 3.8) is 0 Å². The number of rotatable bonds is 5. The van der Waals surface area contributed by atoms with Crippen LogP contribution in [-0.2, 0) is 9.59 Å². The number of anilines is 2. The highest BCUT2D eigenvalue weighted by Crippen LogP contribution is 2.30. The van der Waals surface area contributed by atoms with E-state index in [0.29, 0.717) is 17.1 Å². The predicted octanol–water partition coefficient (Wildman–Crippen LogP) is 4.26. The van der Waals surface area contributed by atoms with E-state index in [9.17, 15) is 14.0 Å². The highest BCUT2D eigenvalue weighted by Gasteiger charge is 2.35. The molecule has 0 aliphatic carbocycles. The van der Waals surface area contributed by atoms with E-state index in [2.05, 4.69) is 5.32 Å². The van der Waals surface area contributed by atoms with Crippen molar-refractivity contribution in [2.24, 2.45) is 5.92 Å². The largest absolute Gasteiger partial charge is 0.489 e. The fraction of sp³-hybridized carbons (Fsp3) is 0.300. The summed E-state index contributed by atoms with van der Waals surface area (Å²) in [5.41, 5.74) is 1.04. The Morgan fingerprint density at radius 2 is 2.04 bits per heavy atom. The molecule has 1 aliphatic heterocycles. The van der Waals surface area contributed by atoms with Crippen molar-refractivity contribution in [2.75, 3.05) is 16.8 Å². The van der Waals surface area contributed by atoms with Gasteiger partial charge in [0.05, 0.1) is 22.7 Å². The van der Waals surface area contributed by atoms with Crippen molar-refractivity contribution in [1.82, 2.24) is 0 Å². The van der Waals surface area contributed by atoms with Crippen molar-refractivity contribution in [3.8, 4) is 5.75 Å². The van der Waals surface area contributed by atoms with Crippen LogP contribution in [0.15, 0.2) is 42.5 Å². The first-order valence-electron chi connectivity index (χ1n) is 8.67. The third kappa shape index (κ3) is 4.39. The third-order valence-electron chi connectivity index (χ3n) is 4.22. The van der Waals surface area contributed by atoms with Crippen LogP contribution in [0, 0.1) is 11.7 Å². The van der Waals surface area contributed by atoms with Crippen molar-refractivity contribution < 1.29 is 18.7 Å². The van der Waals surface area contributed by atoms with Gasteiger partial charge in [-0.1, -0.05) is 23.7 Å². The van der Waals surface area contributed by atoms with Gasteiger partial charge < -0.3 is 15.0 Å². The first-order valence-corrected chi connectivity index (χ1v) is 9.05. The Balaban J connectivity index is 1.72. The van der Waals surface area contributed by atoms with Crippen molar-refractivity contribution in [1.29, 1.82) is 0 Å². The van der Waals surface area contributed by atoms with Gasteiger partial charge in [-0.05, 0) is 44.2 Å². The molecule has 0 spiro atoms. The molecule has 5 nitrogen and oxygen atoms in total. The Morgan fingerprint density at radius 3 is 2.74 bits per heavy atom. The maximum absolute atomic E-state index is 13.3. The van der Waals surface area contributed by atoms with Crippen LogP contribution in [0.2, 0.25) is 5.02 Å². The van der Waals surface area contributed by atoms with Crippen LogP contribution < -0.4 is 15.0 Å². The lowest BCUT2D eigenvalue weighted by molar-refractivity contribution is -0.122. The van der Waals surface area contributed by atoms with Crippen LogP contribution in [-0.4, -0.2) is 24.5 Å². The molecule has 2 aromatic rings. The molecule has 0 aromatic heterocycles. The Morgan fingerprint density at radius 1 is 1.30 bits per heavy atom. The van der Waals surface area contributed by atoms with Crippen LogP contribution in [0.4, 0.5) is 15.8 Å². The molecule has 1 heterocycles. The van der Waals surface area contributed by atoms with E-state index in [0.717, 1.165) is 0 Å². The zero-order valence-electron chi connectivity index (χ0n) is 15.0. The van der Waals surface area contributed by atoms with E-state index >= 15 is 0 Å².